The van der Waals surface area contributed by atoms with Crippen LogP contribution in [0.15, 0.2) is 54.7 Å². The van der Waals surface area contributed by atoms with E-state index in [1.54, 1.807) is 11.1 Å². The molecule has 2 aromatic carbocycles. The van der Waals surface area contributed by atoms with Crippen molar-refractivity contribution in [1.29, 1.82) is 0 Å². The highest BCUT2D eigenvalue weighted by Crippen LogP contribution is 2.34. The molecule has 1 aliphatic rings. The highest BCUT2D eigenvalue weighted by molar-refractivity contribution is 5.85. The monoisotopic (exact) mass is 323 g/mol. The summed E-state index contributed by atoms with van der Waals surface area (Å²) in [5, 5.41) is 0.927. The van der Waals surface area contributed by atoms with Crippen LogP contribution in [0.25, 0.3) is 10.9 Å². The fourth-order valence-electron chi connectivity index (χ4n) is 3.60. The molecule has 0 aliphatic carbocycles. The van der Waals surface area contributed by atoms with Crippen LogP contribution < -0.4 is 5.73 Å². The molecule has 1 amide bonds. The Bertz CT molecular complexity index is 890. The van der Waals surface area contributed by atoms with E-state index in [-0.39, 0.29) is 23.8 Å². The summed E-state index contributed by atoms with van der Waals surface area (Å²) in [6.45, 7) is 0.345. The average molecular weight is 323 g/mol. The van der Waals surface area contributed by atoms with Gasteiger partial charge in [-0.15, -0.1) is 0 Å². The summed E-state index contributed by atoms with van der Waals surface area (Å²) >= 11 is 0. The van der Waals surface area contributed by atoms with Gasteiger partial charge in [-0.2, -0.15) is 0 Å². The fourth-order valence-corrected chi connectivity index (χ4v) is 3.60. The molecular weight excluding hydrogens is 305 g/mol. The molecule has 0 saturated carbocycles. The minimum absolute atomic E-state index is 0.00398. The van der Waals surface area contributed by atoms with Crippen molar-refractivity contribution < 1.29 is 9.18 Å². The van der Waals surface area contributed by atoms with E-state index in [9.17, 15) is 9.18 Å². The number of halogens is 1. The van der Waals surface area contributed by atoms with Crippen LogP contribution in [-0.2, 0) is 11.3 Å². The Labute approximate surface area is 139 Å². The van der Waals surface area contributed by atoms with Gasteiger partial charge in [0.2, 0.25) is 5.91 Å². The maximum absolute atomic E-state index is 13.9. The van der Waals surface area contributed by atoms with E-state index in [4.69, 9.17) is 5.73 Å². The number of nitrogens with one attached hydrogen (secondary N) is 1. The Morgan fingerprint density at radius 1 is 1.21 bits per heavy atom. The predicted octanol–water partition coefficient (Wildman–Crippen LogP) is 3.11. The normalized spacial score (nSPS) is 20.9. The van der Waals surface area contributed by atoms with Crippen LogP contribution in [0, 0.1) is 5.82 Å². The number of rotatable bonds is 3. The molecule has 3 N–H and O–H groups in total. The second kappa shape index (κ2) is 5.76. The van der Waals surface area contributed by atoms with Crippen LogP contribution in [0.1, 0.15) is 23.6 Å². The molecule has 0 bridgehead atoms. The Hall–Kier alpha value is -2.66. The van der Waals surface area contributed by atoms with Crippen molar-refractivity contribution in [2.45, 2.75) is 25.0 Å². The van der Waals surface area contributed by atoms with Crippen LogP contribution in [0.2, 0.25) is 0 Å². The number of aromatic nitrogens is 1. The largest absolute Gasteiger partial charge is 0.361 e. The van der Waals surface area contributed by atoms with Crippen LogP contribution in [0.4, 0.5) is 4.39 Å². The lowest BCUT2D eigenvalue weighted by atomic mass is 10.00. The number of carbonyl (C=O) groups is 1. The van der Waals surface area contributed by atoms with Gasteiger partial charge < -0.3 is 15.6 Å². The van der Waals surface area contributed by atoms with Crippen molar-refractivity contribution >= 4 is 16.8 Å². The lowest BCUT2D eigenvalue weighted by Crippen LogP contribution is -2.32. The number of hydrogen-bond donors (Lipinski definition) is 2. The summed E-state index contributed by atoms with van der Waals surface area (Å²) in [6, 6.07) is 14.2. The topological polar surface area (TPSA) is 62.1 Å². The van der Waals surface area contributed by atoms with Gasteiger partial charge in [-0.25, -0.2) is 4.39 Å². The summed E-state index contributed by atoms with van der Waals surface area (Å²) in [5.41, 5.74) is 8.76. The molecular formula is C19H18FN3O. The summed E-state index contributed by atoms with van der Waals surface area (Å²) < 4.78 is 13.9. The number of carbonyl (C=O) groups excluding carboxylic acids is 1. The van der Waals surface area contributed by atoms with E-state index in [2.05, 4.69) is 4.98 Å². The average Bonchev–Trinajstić information content (AvgIpc) is 3.13. The van der Waals surface area contributed by atoms with E-state index in [0.29, 0.717) is 13.0 Å². The third-order valence-corrected chi connectivity index (χ3v) is 4.67. The Morgan fingerprint density at radius 3 is 2.79 bits per heavy atom. The van der Waals surface area contributed by atoms with Gasteiger partial charge in [0.05, 0.1) is 6.04 Å². The second-order valence-corrected chi connectivity index (χ2v) is 6.25. The first kappa shape index (κ1) is 14.9. The predicted molar refractivity (Wildman–Crippen MR) is 90.6 cm³/mol. The maximum Gasteiger partial charge on any atom is 0.225 e. The second-order valence-electron chi connectivity index (χ2n) is 6.25. The standard InChI is InChI=1S/C19H18FN3O/c20-14-8-13(15-6-7-22-17(15)9-14)11-23-18(24)10-16(21)19(23)12-4-2-1-3-5-12/h1-9,16,19,22H,10-11,21H2. The van der Waals surface area contributed by atoms with Gasteiger partial charge in [-0.1, -0.05) is 30.3 Å². The molecule has 1 aliphatic heterocycles. The maximum atomic E-state index is 13.9. The molecule has 1 aromatic heterocycles. The number of hydrogen-bond acceptors (Lipinski definition) is 2. The van der Waals surface area contributed by atoms with Crippen molar-refractivity contribution in [3.05, 3.63) is 71.7 Å². The molecule has 2 unspecified atom stereocenters. The quantitative estimate of drug-likeness (QED) is 0.778. The molecule has 2 heterocycles. The molecule has 24 heavy (non-hydrogen) atoms. The number of nitrogens with zero attached hydrogens (tertiary/aromatic N) is 1. The summed E-state index contributed by atoms with van der Waals surface area (Å²) in [7, 11) is 0. The van der Waals surface area contributed by atoms with Gasteiger partial charge in [-0.3, -0.25) is 4.79 Å². The number of fused-ring (bicyclic) bond motifs is 1. The lowest BCUT2D eigenvalue weighted by Gasteiger charge is -2.27. The first-order chi connectivity index (χ1) is 11.6. The van der Waals surface area contributed by atoms with E-state index in [1.165, 1.54) is 12.1 Å². The molecule has 1 saturated heterocycles. The zero-order chi connectivity index (χ0) is 16.7. The van der Waals surface area contributed by atoms with Gasteiger partial charge in [0, 0.05) is 36.1 Å². The van der Waals surface area contributed by atoms with Crippen LogP contribution in [0.5, 0.6) is 0 Å². The molecule has 5 heteroatoms. The molecule has 4 nitrogen and oxygen atoms in total. The smallest absolute Gasteiger partial charge is 0.225 e. The zero-order valence-corrected chi connectivity index (χ0v) is 13.1. The Morgan fingerprint density at radius 2 is 2.00 bits per heavy atom. The van der Waals surface area contributed by atoms with E-state index < -0.39 is 0 Å². The number of amides is 1. The number of H-pyrrole nitrogens is 1. The Kier molecular flexibility index (Phi) is 3.58. The SMILES string of the molecule is NC1CC(=O)N(Cc2cc(F)cc3[nH]ccc23)C1c1ccccc1. The van der Waals surface area contributed by atoms with E-state index >= 15 is 0 Å². The third-order valence-electron chi connectivity index (χ3n) is 4.67. The lowest BCUT2D eigenvalue weighted by molar-refractivity contribution is -0.129. The van der Waals surface area contributed by atoms with Gasteiger partial charge in [0.25, 0.3) is 0 Å². The molecule has 3 aromatic rings. The first-order valence-corrected chi connectivity index (χ1v) is 7.99. The van der Waals surface area contributed by atoms with E-state index in [1.807, 2.05) is 36.4 Å². The van der Waals surface area contributed by atoms with Gasteiger partial charge in [-0.05, 0) is 29.3 Å². The van der Waals surface area contributed by atoms with Crippen LogP contribution >= 0.6 is 0 Å². The van der Waals surface area contributed by atoms with Gasteiger partial charge in [0.15, 0.2) is 0 Å². The van der Waals surface area contributed by atoms with Gasteiger partial charge in [0.1, 0.15) is 5.82 Å². The molecule has 122 valence electrons. The fraction of sp³-hybridized carbons (Fsp3) is 0.211. The van der Waals surface area contributed by atoms with Crippen LogP contribution in [-0.4, -0.2) is 21.8 Å². The molecule has 2 atom stereocenters. The molecule has 4 rings (SSSR count). The first-order valence-electron chi connectivity index (χ1n) is 7.99. The number of aromatic amines is 1. The van der Waals surface area contributed by atoms with Gasteiger partial charge >= 0.3 is 0 Å². The summed E-state index contributed by atoms with van der Waals surface area (Å²) in [5.74, 6) is -0.309. The number of benzene rings is 2. The third kappa shape index (κ3) is 2.47. The van der Waals surface area contributed by atoms with Crippen molar-refractivity contribution in [3.63, 3.8) is 0 Å². The van der Waals surface area contributed by atoms with Crippen molar-refractivity contribution in [2.75, 3.05) is 0 Å². The highest BCUT2D eigenvalue weighted by atomic mass is 19.1. The minimum atomic E-state index is -0.313. The van der Waals surface area contributed by atoms with Crippen LogP contribution in [0.3, 0.4) is 0 Å². The van der Waals surface area contributed by atoms with Crippen molar-refractivity contribution in [1.82, 2.24) is 9.88 Å². The highest BCUT2D eigenvalue weighted by Gasteiger charge is 2.38. The molecule has 0 spiro atoms. The Balaban J connectivity index is 1.73. The zero-order valence-electron chi connectivity index (χ0n) is 13.1. The summed E-state index contributed by atoms with van der Waals surface area (Å²) in [6.07, 6.45) is 2.09. The number of nitrogens with two attached hydrogens (primary N) is 1. The molecule has 1 fully saturated rings. The molecule has 0 radical (unpaired) electrons. The van der Waals surface area contributed by atoms with Crippen molar-refractivity contribution in [3.8, 4) is 0 Å². The minimum Gasteiger partial charge on any atom is -0.361 e. The van der Waals surface area contributed by atoms with Crippen molar-refractivity contribution in [2.24, 2.45) is 5.73 Å². The number of likely N-dealkylation sites (tertiary alicyclic amines) is 1. The van der Waals surface area contributed by atoms with E-state index in [0.717, 1.165) is 22.0 Å². The summed E-state index contributed by atoms with van der Waals surface area (Å²) in [4.78, 5) is 17.3.